The van der Waals surface area contributed by atoms with E-state index in [-0.39, 0.29) is 29.5 Å². The molecule has 0 bridgehead atoms. The second-order valence-corrected chi connectivity index (χ2v) is 7.45. The van der Waals surface area contributed by atoms with Gasteiger partial charge in [-0.05, 0) is 31.2 Å². The quantitative estimate of drug-likeness (QED) is 0.596. The van der Waals surface area contributed by atoms with E-state index in [1.54, 1.807) is 48.1 Å². The Balaban J connectivity index is 1.43. The number of carbonyl (C=O) groups is 1. The molecule has 1 saturated heterocycles. The summed E-state index contributed by atoms with van der Waals surface area (Å²) in [5.41, 5.74) is 1.17. The lowest BCUT2D eigenvalue weighted by Crippen LogP contribution is -2.50. The number of piperazine rings is 1. The van der Waals surface area contributed by atoms with Crippen molar-refractivity contribution in [2.75, 3.05) is 38.2 Å². The number of amides is 1. The molecule has 0 atom stereocenters. The first kappa shape index (κ1) is 21.4. The van der Waals surface area contributed by atoms with Crippen LogP contribution in [-0.4, -0.2) is 63.6 Å². The maximum Gasteiger partial charge on any atom is 0.253 e. The second-order valence-electron chi connectivity index (χ2n) is 7.45. The summed E-state index contributed by atoms with van der Waals surface area (Å²) in [6.07, 6.45) is 2.72. The van der Waals surface area contributed by atoms with Gasteiger partial charge in [-0.3, -0.25) is 14.2 Å². The summed E-state index contributed by atoms with van der Waals surface area (Å²) in [5.74, 6) is 0.194. The van der Waals surface area contributed by atoms with Crippen LogP contribution in [0.25, 0.3) is 11.3 Å². The SMILES string of the molecule is COc1ccc(-c2ncnc(N3CCN(C(=O)Cn4cnc(C)cc4=O)CC3)c2F)cc1. The van der Waals surface area contributed by atoms with Gasteiger partial charge in [-0.1, -0.05) is 0 Å². The molecule has 0 unspecified atom stereocenters. The van der Waals surface area contributed by atoms with Crippen molar-refractivity contribution in [3.05, 3.63) is 64.9 Å². The van der Waals surface area contributed by atoms with E-state index in [0.717, 1.165) is 0 Å². The first-order chi connectivity index (χ1) is 15.5. The van der Waals surface area contributed by atoms with Crippen LogP contribution >= 0.6 is 0 Å². The average molecular weight is 438 g/mol. The van der Waals surface area contributed by atoms with Crippen molar-refractivity contribution in [2.24, 2.45) is 0 Å². The van der Waals surface area contributed by atoms with Gasteiger partial charge in [0.2, 0.25) is 5.91 Å². The number of aryl methyl sites for hydroxylation is 1. The van der Waals surface area contributed by atoms with Crippen molar-refractivity contribution in [3.8, 4) is 17.0 Å². The molecule has 0 saturated carbocycles. The van der Waals surface area contributed by atoms with E-state index in [1.807, 2.05) is 0 Å². The van der Waals surface area contributed by atoms with Crippen LogP contribution in [0, 0.1) is 12.7 Å². The molecule has 0 spiro atoms. The third-order valence-electron chi connectivity index (χ3n) is 5.39. The van der Waals surface area contributed by atoms with Crippen molar-refractivity contribution in [1.29, 1.82) is 0 Å². The largest absolute Gasteiger partial charge is 0.497 e. The maximum atomic E-state index is 15.2. The number of rotatable bonds is 5. The van der Waals surface area contributed by atoms with E-state index in [9.17, 15) is 9.59 Å². The molecule has 1 amide bonds. The molecule has 166 valence electrons. The fourth-order valence-corrected chi connectivity index (χ4v) is 3.58. The molecule has 10 heteroatoms. The standard InChI is InChI=1S/C22H23FN6O3/c1-15-11-18(30)29(14-26-15)12-19(31)27-7-9-28(10-8-27)22-20(23)21(24-13-25-22)16-3-5-17(32-2)6-4-16/h3-6,11,13-14H,7-10,12H2,1-2H3. The van der Waals surface area contributed by atoms with Crippen LogP contribution < -0.4 is 15.2 Å². The average Bonchev–Trinajstić information content (AvgIpc) is 2.81. The second kappa shape index (κ2) is 9.13. The molecule has 32 heavy (non-hydrogen) atoms. The van der Waals surface area contributed by atoms with Gasteiger partial charge in [0.05, 0.1) is 13.4 Å². The number of anilines is 1. The fraction of sp³-hybridized carbons (Fsp3) is 0.318. The summed E-state index contributed by atoms with van der Waals surface area (Å²) in [7, 11) is 1.57. The monoisotopic (exact) mass is 438 g/mol. The van der Waals surface area contributed by atoms with Crippen LogP contribution in [0.1, 0.15) is 5.69 Å². The third-order valence-corrected chi connectivity index (χ3v) is 5.39. The Kier molecular flexibility index (Phi) is 6.11. The van der Waals surface area contributed by atoms with E-state index in [4.69, 9.17) is 4.74 Å². The summed E-state index contributed by atoms with van der Waals surface area (Å²) >= 11 is 0. The molecule has 1 aromatic carbocycles. The fourth-order valence-electron chi connectivity index (χ4n) is 3.58. The zero-order chi connectivity index (χ0) is 22.7. The highest BCUT2D eigenvalue weighted by molar-refractivity contribution is 5.76. The molecule has 2 aromatic heterocycles. The minimum absolute atomic E-state index is 0.0738. The Labute approximate surface area is 184 Å². The van der Waals surface area contributed by atoms with Crippen LogP contribution in [0.15, 0.2) is 47.8 Å². The first-order valence-corrected chi connectivity index (χ1v) is 10.2. The van der Waals surface area contributed by atoms with Gasteiger partial charge >= 0.3 is 0 Å². The number of benzene rings is 1. The number of halogens is 1. The summed E-state index contributed by atoms with van der Waals surface area (Å²) < 4.78 is 21.7. The smallest absolute Gasteiger partial charge is 0.253 e. The zero-order valence-electron chi connectivity index (χ0n) is 17.9. The molecule has 3 aromatic rings. The number of hydrogen-bond acceptors (Lipinski definition) is 7. The normalized spacial score (nSPS) is 13.8. The summed E-state index contributed by atoms with van der Waals surface area (Å²) in [6, 6.07) is 8.37. The van der Waals surface area contributed by atoms with Crippen molar-refractivity contribution >= 4 is 11.7 Å². The van der Waals surface area contributed by atoms with Crippen LogP contribution in [0.5, 0.6) is 5.75 Å². The lowest BCUT2D eigenvalue weighted by molar-refractivity contribution is -0.132. The Bertz CT molecular complexity index is 1170. The van der Waals surface area contributed by atoms with E-state index in [0.29, 0.717) is 43.2 Å². The van der Waals surface area contributed by atoms with Crippen molar-refractivity contribution in [1.82, 2.24) is 24.4 Å². The van der Waals surface area contributed by atoms with Gasteiger partial charge in [0, 0.05) is 43.5 Å². The number of nitrogens with zero attached hydrogens (tertiary/aromatic N) is 6. The molecule has 0 aliphatic carbocycles. The van der Waals surface area contributed by atoms with Crippen LogP contribution in [0.2, 0.25) is 0 Å². The van der Waals surface area contributed by atoms with Crippen molar-refractivity contribution in [3.63, 3.8) is 0 Å². The number of ether oxygens (including phenoxy) is 1. The first-order valence-electron chi connectivity index (χ1n) is 10.2. The minimum atomic E-state index is -0.505. The van der Waals surface area contributed by atoms with E-state index >= 15 is 4.39 Å². The van der Waals surface area contributed by atoms with Crippen LogP contribution in [0.4, 0.5) is 10.2 Å². The molecule has 0 radical (unpaired) electrons. The van der Waals surface area contributed by atoms with Crippen molar-refractivity contribution in [2.45, 2.75) is 13.5 Å². The molecular formula is C22H23FN6O3. The Hall–Kier alpha value is -3.82. The molecule has 0 N–H and O–H groups in total. The predicted octanol–water partition coefficient (Wildman–Crippen LogP) is 1.51. The molecular weight excluding hydrogens is 415 g/mol. The van der Waals surface area contributed by atoms with Gasteiger partial charge in [-0.25, -0.2) is 19.3 Å². The van der Waals surface area contributed by atoms with Gasteiger partial charge < -0.3 is 14.5 Å². The molecule has 1 aliphatic rings. The van der Waals surface area contributed by atoms with E-state index in [2.05, 4.69) is 15.0 Å². The topological polar surface area (TPSA) is 93.5 Å². The lowest BCUT2D eigenvalue weighted by Gasteiger charge is -2.35. The zero-order valence-corrected chi connectivity index (χ0v) is 17.9. The van der Waals surface area contributed by atoms with E-state index < -0.39 is 5.82 Å². The summed E-state index contributed by atoms with van der Waals surface area (Å²) in [5, 5.41) is 0. The maximum absolute atomic E-state index is 15.2. The third kappa shape index (κ3) is 4.43. The van der Waals surface area contributed by atoms with Crippen LogP contribution in [-0.2, 0) is 11.3 Å². The highest BCUT2D eigenvalue weighted by Crippen LogP contribution is 2.28. The summed E-state index contributed by atoms with van der Waals surface area (Å²) in [6.45, 7) is 3.28. The number of hydrogen-bond donors (Lipinski definition) is 0. The molecule has 1 fully saturated rings. The highest BCUT2D eigenvalue weighted by Gasteiger charge is 2.25. The van der Waals surface area contributed by atoms with Crippen LogP contribution in [0.3, 0.4) is 0 Å². The number of methoxy groups -OCH3 is 1. The van der Waals surface area contributed by atoms with E-state index in [1.165, 1.54) is 23.3 Å². The van der Waals surface area contributed by atoms with Gasteiger partial charge in [0.25, 0.3) is 5.56 Å². The Morgan fingerprint density at radius 2 is 1.81 bits per heavy atom. The van der Waals surface area contributed by atoms with Gasteiger partial charge in [0.1, 0.15) is 24.3 Å². The molecule has 1 aliphatic heterocycles. The summed E-state index contributed by atoms with van der Waals surface area (Å²) in [4.78, 5) is 40.4. The predicted molar refractivity (Wildman–Crippen MR) is 116 cm³/mol. The number of carbonyl (C=O) groups excluding carboxylic acids is 1. The minimum Gasteiger partial charge on any atom is -0.497 e. The number of aromatic nitrogens is 4. The van der Waals surface area contributed by atoms with Gasteiger partial charge in [-0.15, -0.1) is 0 Å². The molecule has 4 rings (SSSR count). The Morgan fingerprint density at radius 1 is 1.09 bits per heavy atom. The van der Waals surface area contributed by atoms with Gasteiger partial charge in [0.15, 0.2) is 11.6 Å². The lowest BCUT2D eigenvalue weighted by atomic mass is 10.1. The molecule has 3 heterocycles. The van der Waals surface area contributed by atoms with Crippen molar-refractivity contribution < 1.29 is 13.9 Å². The highest BCUT2D eigenvalue weighted by atomic mass is 19.1. The van der Waals surface area contributed by atoms with Gasteiger partial charge in [-0.2, -0.15) is 0 Å². The Morgan fingerprint density at radius 3 is 2.47 bits per heavy atom. The molecule has 9 nitrogen and oxygen atoms in total.